The number of hydrogen-bond acceptors (Lipinski definition) is 4. The number of anilines is 1. The molecule has 48 heavy (non-hydrogen) atoms. The van der Waals surface area contributed by atoms with E-state index in [4.69, 9.17) is 0 Å². The van der Waals surface area contributed by atoms with Crippen LogP contribution in [0.5, 0.6) is 0 Å². The molecule has 1 heterocycles. The maximum absolute atomic E-state index is 14.3. The highest BCUT2D eigenvalue weighted by Crippen LogP contribution is 2.41. The second-order valence-corrected chi connectivity index (χ2v) is 14.1. The molecule has 3 aromatic rings. The molecule has 2 atom stereocenters. The summed E-state index contributed by atoms with van der Waals surface area (Å²) in [5.41, 5.74) is -1.99. The van der Waals surface area contributed by atoms with Gasteiger partial charge in [-0.2, -0.15) is 30.6 Å². The van der Waals surface area contributed by atoms with Crippen molar-refractivity contribution in [1.82, 2.24) is 9.21 Å². The van der Waals surface area contributed by atoms with Crippen LogP contribution in [0.2, 0.25) is 0 Å². The number of carbonyl (C=O) groups is 2. The van der Waals surface area contributed by atoms with Crippen molar-refractivity contribution in [3.05, 3.63) is 94.3 Å². The molecular formula is C33H32F7N3O4S. The summed E-state index contributed by atoms with van der Waals surface area (Å²) in [6, 6.07) is 10.2. The van der Waals surface area contributed by atoms with Crippen molar-refractivity contribution >= 4 is 27.5 Å². The number of benzene rings is 3. The third-order valence-electron chi connectivity index (χ3n) is 8.61. The molecule has 1 aliphatic carbocycles. The van der Waals surface area contributed by atoms with E-state index in [-0.39, 0.29) is 41.9 Å². The van der Waals surface area contributed by atoms with Gasteiger partial charge in [0.05, 0.1) is 16.0 Å². The minimum absolute atomic E-state index is 0.0108. The lowest BCUT2D eigenvalue weighted by molar-refractivity contribution is -0.143. The van der Waals surface area contributed by atoms with Crippen LogP contribution in [0.15, 0.2) is 65.6 Å². The molecule has 0 aromatic heterocycles. The molecule has 2 aliphatic rings. The summed E-state index contributed by atoms with van der Waals surface area (Å²) in [7, 11) is -4.12. The lowest BCUT2D eigenvalue weighted by Crippen LogP contribution is -2.48. The highest BCUT2D eigenvalue weighted by molar-refractivity contribution is 7.89. The van der Waals surface area contributed by atoms with Gasteiger partial charge in [0.15, 0.2) is 0 Å². The van der Waals surface area contributed by atoms with E-state index in [2.05, 4.69) is 5.32 Å². The average Bonchev–Trinajstić information content (AvgIpc) is 3.84. The number of sulfonamides is 1. The summed E-state index contributed by atoms with van der Waals surface area (Å²) in [6.45, 7) is 2.10. The first-order valence-electron chi connectivity index (χ1n) is 15.1. The zero-order valence-corrected chi connectivity index (χ0v) is 26.6. The minimum atomic E-state index is -5.06. The van der Waals surface area contributed by atoms with Crippen LogP contribution in [-0.2, 0) is 38.5 Å². The van der Waals surface area contributed by atoms with Gasteiger partial charge in [0.2, 0.25) is 21.8 Å². The SMILES string of the molecule is CC(=O)Nc1ccc(S(=O)(=O)N2CCC(C(=O)N(Cc3cc(C(F)(F)F)cc(C(F)(F)F)c3)C3CC3)C(c3ccc(F)cc3C)C2)cc1. The van der Waals surface area contributed by atoms with Gasteiger partial charge < -0.3 is 10.2 Å². The second kappa shape index (κ2) is 13.1. The first-order chi connectivity index (χ1) is 22.3. The molecule has 2 unspecified atom stereocenters. The van der Waals surface area contributed by atoms with Gasteiger partial charge in [-0.1, -0.05) is 6.07 Å². The van der Waals surface area contributed by atoms with E-state index in [0.29, 0.717) is 41.8 Å². The molecule has 0 spiro atoms. The lowest BCUT2D eigenvalue weighted by Gasteiger charge is -2.40. The van der Waals surface area contributed by atoms with Crippen LogP contribution >= 0.6 is 0 Å². The molecular weight excluding hydrogens is 667 g/mol. The Morgan fingerprint density at radius 2 is 1.50 bits per heavy atom. The molecule has 2 fully saturated rings. The molecule has 258 valence electrons. The van der Waals surface area contributed by atoms with Crippen molar-refractivity contribution in [1.29, 1.82) is 0 Å². The zero-order valence-electron chi connectivity index (χ0n) is 25.8. The molecule has 1 aliphatic heterocycles. The molecule has 7 nitrogen and oxygen atoms in total. The number of rotatable bonds is 8. The van der Waals surface area contributed by atoms with Crippen molar-refractivity contribution in [2.24, 2.45) is 5.92 Å². The van der Waals surface area contributed by atoms with Crippen LogP contribution in [0.1, 0.15) is 59.9 Å². The van der Waals surface area contributed by atoms with Crippen LogP contribution in [0.4, 0.5) is 36.4 Å². The van der Waals surface area contributed by atoms with Gasteiger partial charge in [0.1, 0.15) is 5.82 Å². The van der Waals surface area contributed by atoms with E-state index in [1.807, 2.05) is 0 Å². The summed E-state index contributed by atoms with van der Waals surface area (Å²) in [5, 5.41) is 2.55. The fourth-order valence-electron chi connectivity index (χ4n) is 6.16. The van der Waals surface area contributed by atoms with E-state index in [1.54, 1.807) is 6.92 Å². The number of amides is 2. The number of carbonyl (C=O) groups excluding carboxylic acids is 2. The number of halogens is 7. The number of aryl methyl sites for hydroxylation is 1. The maximum Gasteiger partial charge on any atom is 0.416 e. The molecule has 0 bridgehead atoms. The van der Waals surface area contributed by atoms with E-state index in [9.17, 15) is 48.7 Å². The summed E-state index contributed by atoms with van der Waals surface area (Å²) in [6.07, 6.45) is -9.13. The Labute approximate surface area is 272 Å². The summed E-state index contributed by atoms with van der Waals surface area (Å²) < 4.78 is 124. The Balaban J connectivity index is 1.48. The second-order valence-electron chi connectivity index (χ2n) is 12.2. The molecule has 15 heteroatoms. The smallest absolute Gasteiger partial charge is 0.335 e. The average molecular weight is 700 g/mol. The molecule has 3 aromatic carbocycles. The number of piperidine rings is 1. The van der Waals surface area contributed by atoms with Crippen LogP contribution in [0, 0.1) is 18.7 Å². The Morgan fingerprint density at radius 1 is 0.896 bits per heavy atom. The minimum Gasteiger partial charge on any atom is -0.335 e. The first kappa shape index (κ1) is 35.3. The zero-order chi connectivity index (χ0) is 35.2. The topological polar surface area (TPSA) is 86.8 Å². The molecule has 1 N–H and O–H groups in total. The van der Waals surface area contributed by atoms with Crippen LogP contribution < -0.4 is 5.32 Å². The van der Waals surface area contributed by atoms with E-state index in [1.165, 1.54) is 58.6 Å². The lowest BCUT2D eigenvalue weighted by atomic mass is 9.79. The Hall–Kier alpha value is -3.98. The van der Waals surface area contributed by atoms with Crippen molar-refractivity contribution in [3.63, 3.8) is 0 Å². The van der Waals surface area contributed by atoms with Gasteiger partial charge in [-0.3, -0.25) is 9.59 Å². The van der Waals surface area contributed by atoms with E-state index >= 15 is 0 Å². The summed E-state index contributed by atoms with van der Waals surface area (Å²) in [4.78, 5) is 26.9. The quantitative estimate of drug-likeness (QED) is 0.254. The van der Waals surface area contributed by atoms with E-state index < -0.39 is 69.6 Å². The van der Waals surface area contributed by atoms with Crippen LogP contribution in [0.3, 0.4) is 0 Å². The van der Waals surface area contributed by atoms with Crippen molar-refractivity contribution in [2.75, 3.05) is 18.4 Å². The third kappa shape index (κ3) is 7.83. The molecule has 2 amide bonds. The van der Waals surface area contributed by atoms with Gasteiger partial charge >= 0.3 is 12.4 Å². The molecule has 1 saturated heterocycles. The van der Waals surface area contributed by atoms with Gasteiger partial charge in [-0.15, -0.1) is 0 Å². The van der Waals surface area contributed by atoms with Crippen molar-refractivity contribution in [3.8, 4) is 0 Å². The highest BCUT2D eigenvalue weighted by Gasteiger charge is 2.45. The monoisotopic (exact) mass is 699 g/mol. The normalized spacial score (nSPS) is 19.2. The molecule has 1 saturated carbocycles. The first-order valence-corrected chi connectivity index (χ1v) is 16.5. The number of alkyl halides is 6. The van der Waals surface area contributed by atoms with Gasteiger partial charge in [0, 0.05) is 50.1 Å². The fourth-order valence-corrected chi connectivity index (χ4v) is 7.64. The Bertz CT molecular complexity index is 1770. The standard InChI is InChI=1S/C33H32F7N3O4S/c1-19-13-24(34)3-10-28(19)30-18-42(48(46,47)27-8-4-25(5-9-27)41-20(2)44)12-11-29(30)31(45)43(26-6-7-26)17-21-14-22(32(35,36)37)16-23(15-21)33(38,39)40/h3-5,8-10,13-16,26,29-30H,6-7,11-12,17-18H2,1-2H3,(H,41,44). The highest BCUT2D eigenvalue weighted by atomic mass is 32.2. The largest absolute Gasteiger partial charge is 0.416 e. The van der Waals surface area contributed by atoms with Crippen molar-refractivity contribution in [2.45, 2.75) is 68.9 Å². The Morgan fingerprint density at radius 3 is 2.02 bits per heavy atom. The van der Waals surface area contributed by atoms with Gasteiger partial charge in [0.25, 0.3) is 0 Å². The predicted molar refractivity (Wildman–Crippen MR) is 162 cm³/mol. The van der Waals surface area contributed by atoms with Gasteiger partial charge in [-0.05, 0) is 97.5 Å². The summed E-state index contributed by atoms with van der Waals surface area (Å²) >= 11 is 0. The molecule has 5 rings (SSSR count). The fraction of sp³-hybridized carbons (Fsp3) is 0.394. The number of hydrogen-bond donors (Lipinski definition) is 1. The van der Waals surface area contributed by atoms with Gasteiger partial charge in [-0.25, -0.2) is 12.8 Å². The number of nitrogens with zero attached hydrogens (tertiary/aromatic N) is 2. The van der Waals surface area contributed by atoms with Crippen LogP contribution in [0.25, 0.3) is 0 Å². The maximum atomic E-state index is 14.3. The van der Waals surface area contributed by atoms with Crippen molar-refractivity contribution < 1.29 is 48.7 Å². The molecule has 0 radical (unpaired) electrons. The van der Waals surface area contributed by atoms with Crippen LogP contribution in [-0.4, -0.2) is 48.6 Å². The third-order valence-corrected chi connectivity index (χ3v) is 10.5. The predicted octanol–water partition coefficient (Wildman–Crippen LogP) is 7.12. The summed E-state index contributed by atoms with van der Waals surface area (Å²) in [5.74, 6) is -3.15. The van der Waals surface area contributed by atoms with E-state index in [0.717, 1.165) is 0 Å². The Kier molecular flexibility index (Phi) is 9.67. The number of nitrogens with one attached hydrogen (secondary N) is 1.